The molecule has 2 aliphatic heterocycles. The lowest BCUT2D eigenvalue weighted by Gasteiger charge is -2.64. The molecule has 27 heavy (non-hydrogen) atoms. The standard InChI is InChI=1S/C23H31NO3/c1-4-16-12-18-23(26)9-8-17(25)21-22(23,19(16)20(27-21)14(2)3)10-11-24(18)13-15-6-5-7-15/h4,15,18,21,26H,2,5-13H2,1,3H3. The van der Waals surface area contributed by atoms with Gasteiger partial charge in [-0.15, -0.1) is 0 Å². The molecule has 0 aromatic carbocycles. The van der Waals surface area contributed by atoms with Gasteiger partial charge in [-0.3, -0.25) is 9.69 Å². The largest absolute Gasteiger partial charge is 0.481 e. The molecule has 1 spiro atoms. The van der Waals surface area contributed by atoms with Crippen LogP contribution < -0.4 is 0 Å². The molecule has 3 aliphatic carbocycles. The van der Waals surface area contributed by atoms with Gasteiger partial charge in [0.05, 0.1) is 11.0 Å². The van der Waals surface area contributed by atoms with Gasteiger partial charge in [-0.25, -0.2) is 0 Å². The van der Waals surface area contributed by atoms with Crippen LogP contribution in [-0.4, -0.2) is 46.6 Å². The van der Waals surface area contributed by atoms with Crippen LogP contribution >= 0.6 is 0 Å². The number of hydrogen-bond donors (Lipinski definition) is 1. The minimum atomic E-state index is -0.882. The topological polar surface area (TPSA) is 49.8 Å². The number of aliphatic hydroxyl groups is 1. The van der Waals surface area contributed by atoms with Crippen LogP contribution in [0.25, 0.3) is 0 Å². The van der Waals surface area contributed by atoms with E-state index in [0.717, 1.165) is 48.8 Å². The van der Waals surface area contributed by atoms with E-state index in [0.29, 0.717) is 12.8 Å². The summed E-state index contributed by atoms with van der Waals surface area (Å²) in [6, 6.07) is 0.0884. The van der Waals surface area contributed by atoms with Crippen molar-refractivity contribution in [3.05, 3.63) is 35.1 Å². The van der Waals surface area contributed by atoms with Crippen molar-refractivity contribution < 1.29 is 14.6 Å². The van der Waals surface area contributed by atoms with Crippen LogP contribution in [0.2, 0.25) is 0 Å². The zero-order valence-electron chi connectivity index (χ0n) is 16.6. The summed E-state index contributed by atoms with van der Waals surface area (Å²) in [6.07, 6.45) is 8.23. The Kier molecular flexibility index (Phi) is 3.80. The Balaban J connectivity index is 1.65. The Labute approximate surface area is 161 Å². The lowest BCUT2D eigenvalue weighted by molar-refractivity contribution is -0.212. The lowest BCUT2D eigenvalue weighted by Crippen LogP contribution is -2.74. The highest BCUT2D eigenvalue weighted by Gasteiger charge is 2.73. The average molecular weight is 370 g/mol. The summed E-state index contributed by atoms with van der Waals surface area (Å²) in [4.78, 5) is 15.4. The first-order chi connectivity index (χ1) is 12.9. The van der Waals surface area contributed by atoms with Crippen molar-refractivity contribution >= 4 is 5.78 Å². The maximum atomic E-state index is 12.9. The fourth-order valence-corrected chi connectivity index (χ4v) is 6.62. The quantitative estimate of drug-likeness (QED) is 0.827. The van der Waals surface area contributed by atoms with Crippen LogP contribution in [0.3, 0.4) is 0 Å². The zero-order valence-corrected chi connectivity index (χ0v) is 16.6. The van der Waals surface area contributed by atoms with E-state index in [1.165, 1.54) is 24.8 Å². The van der Waals surface area contributed by atoms with Crippen molar-refractivity contribution in [2.75, 3.05) is 13.1 Å². The number of nitrogens with zero attached hydrogens (tertiary/aromatic N) is 1. The Morgan fingerprint density at radius 2 is 2.19 bits per heavy atom. The molecule has 0 aromatic rings. The summed E-state index contributed by atoms with van der Waals surface area (Å²) in [7, 11) is 0. The number of Topliss-reactive ketones (excluding diaryl/α,β-unsaturated/α-hetero) is 1. The molecule has 0 radical (unpaired) electrons. The first kappa shape index (κ1) is 17.7. The van der Waals surface area contributed by atoms with Gasteiger partial charge in [0, 0.05) is 24.6 Å². The van der Waals surface area contributed by atoms with Gasteiger partial charge in [-0.05, 0) is 69.6 Å². The van der Waals surface area contributed by atoms with Crippen LogP contribution in [0.4, 0.5) is 0 Å². The second-order valence-electron chi connectivity index (χ2n) is 9.42. The van der Waals surface area contributed by atoms with Gasteiger partial charge in [0.2, 0.25) is 0 Å². The van der Waals surface area contributed by atoms with Crippen molar-refractivity contribution in [2.24, 2.45) is 11.3 Å². The number of rotatable bonds is 3. The molecular formula is C23H31NO3. The molecular weight excluding hydrogens is 338 g/mol. The Hall–Kier alpha value is -1.39. The number of ketones is 1. The van der Waals surface area contributed by atoms with Gasteiger partial charge in [-0.1, -0.05) is 19.1 Å². The van der Waals surface area contributed by atoms with E-state index in [-0.39, 0.29) is 11.8 Å². The predicted octanol–water partition coefficient (Wildman–Crippen LogP) is 3.52. The molecule has 2 bridgehead atoms. The van der Waals surface area contributed by atoms with E-state index in [9.17, 15) is 9.90 Å². The van der Waals surface area contributed by atoms with Gasteiger partial charge < -0.3 is 9.84 Å². The number of likely N-dealkylation sites (tertiary alicyclic amines) is 1. The third-order valence-electron chi connectivity index (χ3n) is 8.15. The number of piperidine rings is 1. The van der Waals surface area contributed by atoms with E-state index in [1.54, 1.807) is 0 Å². The highest BCUT2D eigenvalue weighted by atomic mass is 16.5. The molecule has 146 valence electrons. The van der Waals surface area contributed by atoms with Gasteiger partial charge in [0.25, 0.3) is 0 Å². The molecule has 4 unspecified atom stereocenters. The van der Waals surface area contributed by atoms with Crippen molar-refractivity contribution in [3.63, 3.8) is 0 Å². The highest BCUT2D eigenvalue weighted by molar-refractivity contribution is 5.88. The molecule has 5 aliphatic rings. The molecule has 1 saturated heterocycles. The number of allylic oxidation sites excluding steroid dienone is 2. The van der Waals surface area contributed by atoms with Crippen LogP contribution in [0.5, 0.6) is 0 Å². The second-order valence-corrected chi connectivity index (χ2v) is 9.42. The average Bonchev–Trinajstić information content (AvgIpc) is 2.94. The van der Waals surface area contributed by atoms with Gasteiger partial charge in [0.1, 0.15) is 5.76 Å². The maximum Gasteiger partial charge on any atom is 0.174 e. The number of hydrogen-bond acceptors (Lipinski definition) is 4. The Bertz CT molecular complexity index is 776. The SMILES string of the molecule is C=C(C)C1=C2C(=CC)CC3N(CC4CCC4)CCC24C(O1)C(=O)CCC34O. The summed E-state index contributed by atoms with van der Waals surface area (Å²) >= 11 is 0. The number of ether oxygens (including phenoxy) is 1. The molecule has 5 rings (SSSR count). The highest BCUT2D eigenvalue weighted by Crippen LogP contribution is 2.66. The van der Waals surface area contributed by atoms with E-state index in [2.05, 4.69) is 24.5 Å². The summed E-state index contributed by atoms with van der Waals surface area (Å²) < 4.78 is 6.29. The molecule has 4 heteroatoms. The molecule has 1 N–H and O–H groups in total. The van der Waals surface area contributed by atoms with Crippen molar-refractivity contribution in [2.45, 2.75) is 76.5 Å². The first-order valence-electron chi connectivity index (χ1n) is 10.6. The van der Waals surface area contributed by atoms with Gasteiger partial charge in [-0.2, -0.15) is 0 Å². The smallest absolute Gasteiger partial charge is 0.174 e. The van der Waals surface area contributed by atoms with Crippen LogP contribution in [0.1, 0.15) is 58.8 Å². The van der Waals surface area contributed by atoms with Crippen LogP contribution in [0, 0.1) is 11.3 Å². The zero-order chi connectivity index (χ0) is 19.0. The number of carbonyl (C=O) groups is 1. The minimum absolute atomic E-state index is 0.0884. The fraction of sp³-hybridized carbons (Fsp3) is 0.696. The second kappa shape index (κ2) is 5.81. The summed E-state index contributed by atoms with van der Waals surface area (Å²) in [5.41, 5.74) is 1.74. The molecule has 0 amide bonds. The molecule has 4 atom stereocenters. The predicted molar refractivity (Wildman–Crippen MR) is 104 cm³/mol. The third kappa shape index (κ3) is 2.09. The van der Waals surface area contributed by atoms with E-state index >= 15 is 0 Å². The fourth-order valence-electron chi connectivity index (χ4n) is 6.62. The molecule has 0 aromatic heterocycles. The Morgan fingerprint density at radius 3 is 2.81 bits per heavy atom. The maximum absolute atomic E-state index is 12.9. The van der Waals surface area contributed by atoms with Crippen LogP contribution in [-0.2, 0) is 9.53 Å². The molecule has 2 heterocycles. The van der Waals surface area contributed by atoms with Crippen molar-refractivity contribution in [1.29, 1.82) is 0 Å². The lowest BCUT2D eigenvalue weighted by atomic mass is 9.47. The Morgan fingerprint density at radius 1 is 1.41 bits per heavy atom. The molecule has 4 fully saturated rings. The first-order valence-corrected chi connectivity index (χ1v) is 10.6. The summed E-state index contributed by atoms with van der Waals surface area (Å²) in [5, 5.41) is 12.2. The minimum Gasteiger partial charge on any atom is -0.481 e. The van der Waals surface area contributed by atoms with E-state index in [4.69, 9.17) is 4.74 Å². The van der Waals surface area contributed by atoms with Gasteiger partial charge >= 0.3 is 0 Å². The van der Waals surface area contributed by atoms with Crippen molar-refractivity contribution in [1.82, 2.24) is 4.90 Å². The normalized spacial score (nSPS) is 42.8. The molecule has 4 nitrogen and oxygen atoms in total. The van der Waals surface area contributed by atoms with Crippen molar-refractivity contribution in [3.8, 4) is 0 Å². The summed E-state index contributed by atoms with van der Waals surface area (Å²) in [5.74, 6) is 1.70. The monoisotopic (exact) mass is 369 g/mol. The van der Waals surface area contributed by atoms with Crippen LogP contribution in [0.15, 0.2) is 35.1 Å². The third-order valence-corrected chi connectivity index (χ3v) is 8.15. The van der Waals surface area contributed by atoms with E-state index in [1.807, 2.05) is 6.92 Å². The number of carbonyl (C=O) groups excluding carboxylic acids is 1. The molecule has 3 saturated carbocycles. The van der Waals surface area contributed by atoms with Gasteiger partial charge in [0.15, 0.2) is 11.9 Å². The summed E-state index contributed by atoms with van der Waals surface area (Å²) in [6.45, 7) is 10.2. The van der Waals surface area contributed by atoms with E-state index < -0.39 is 17.1 Å².